The van der Waals surface area contributed by atoms with Gasteiger partial charge in [0.1, 0.15) is 5.82 Å². The summed E-state index contributed by atoms with van der Waals surface area (Å²) in [5, 5.41) is 0.841. The van der Waals surface area contributed by atoms with Gasteiger partial charge in [-0.3, -0.25) is 0 Å². The Morgan fingerprint density at radius 3 is 1.76 bits per heavy atom. The molecule has 0 fully saturated rings. The van der Waals surface area contributed by atoms with Crippen LogP contribution in [0.15, 0.2) is 66.7 Å². The van der Waals surface area contributed by atoms with Crippen molar-refractivity contribution in [2.24, 2.45) is 0 Å². The second kappa shape index (κ2) is 5.88. The van der Waals surface area contributed by atoms with Crippen LogP contribution in [0.5, 0.6) is 0 Å². The third kappa shape index (κ3) is 3.10. The molecule has 0 N–H and O–H groups in total. The Labute approximate surface area is 132 Å². The Morgan fingerprint density at radius 2 is 1.19 bits per heavy atom. The largest absolute Gasteiger partial charge is 0.205 e. The SMILES string of the molecule is Fc1ccc(-c2ccc(-c3cccc(Cl)c3)cc2)cc1Cl. The molecule has 3 aromatic carbocycles. The average molecular weight is 317 g/mol. The zero-order chi connectivity index (χ0) is 14.8. The molecular formula is C18H11Cl2F. The molecule has 3 heteroatoms. The third-order valence-corrected chi connectivity index (χ3v) is 3.82. The highest BCUT2D eigenvalue weighted by Crippen LogP contribution is 2.28. The van der Waals surface area contributed by atoms with Crippen LogP contribution in [0.2, 0.25) is 10.0 Å². The van der Waals surface area contributed by atoms with Gasteiger partial charge in [0, 0.05) is 5.02 Å². The molecule has 0 heterocycles. The van der Waals surface area contributed by atoms with Crippen LogP contribution in [0.1, 0.15) is 0 Å². The van der Waals surface area contributed by atoms with E-state index < -0.39 is 5.82 Å². The standard InChI is InChI=1S/C18H11Cl2F/c19-16-3-1-2-14(10-16)12-4-6-13(7-5-12)15-8-9-18(21)17(20)11-15/h1-11H. The first-order valence-corrected chi connectivity index (χ1v) is 7.20. The van der Waals surface area contributed by atoms with Crippen molar-refractivity contribution in [1.29, 1.82) is 0 Å². The summed E-state index contributed by atoms with van der Waals surface area (Å²) in [5.41, 5.74) is 4.02. The summed E-state index contributed by atoms with van der Waals surface area (Å²) in [6.45, 7) is 0. The van der Waals surface area contributed by atoms with E-state index in [1.807, 2.05) is 48.5 Å². The molecule has 21 heavy (non-hydrogen) atoms. The van der Waals surface area contributed by atoms with Crippen molar-refractivity contribution >= 4 is 23.2 Å². The van der Waals surface area contributed by atoms with Crippen molar-refractivity contribution in [1.82, 2.24) is 0 Å². The lowest BCUT2D eigenvalue weighted by Gasteiger charge is -2.06. The fourth-order valence-electron chi connectivity index (χ4n) is 2.20. The highest BCUT2D eigenvalue weighted by atomic mass is 35.5. The Bertz CT molecular complexity index is 779. The third-order valence-electron chi connectivity index (χ3n) is 3.30. The highest BCUT2D eigenvalue weighted by Gasteiger charge is 2.04. The van der Waals surface area contributed by atoms with Gasteiger partial charge in [0.15, 0.2) is 0 Å². The number of hydrogen-bond donors (Lipinski definition) is 0. The van der Waals surface area contributed by atoms with E-state index in [-0.39, 0.29) is 5.02 Å². The summed E-state index contributed by atoms with van der Waals surface area (Å²) in [6, 6.07) is 20.4. The summed E-state index contributed by atoms with van der Waals surface area (Å²) in [4.78, 5) is 0. The van der Waals surface area contributed by atoms with E-state index in [9.17, 15) is 4.39 Å². The molecule has 0 atom stereocenters. The van der Waals surface area contributed by atoms with Crippen molar-refractivity contribution in [3.8, 4) is 22.3 Å². The molecule has 0 unspecified atom stereocenters. The molecule has 0 spiro atoms. The van der Waals surface area contributed by atoms with Crippen LogP contribution < -0.4 is 0 Å². The second-order valence-corrected chi connectivity index (χ2v) is 5.56. The fraction of sp³-hybridized carbons (Fsp3) is 0. The molecule has 0 aromatic heterocycles. The van der Waals surface area contributed by atoms with Gasteiger partial charge >= 0.3 is 0 Å². The number of benzene rings is 3. The molecule has 0 aliphatic carbocycles. The van der Waals surface area contributed by atoms with E-state index in [1.54, 1.807) is 12.1 Å². The molecule has 0 bridgehead atoms. The van der Waals surface area contributed by atoms with Crippen LogP contribution in [0.25, 0.3) is 22.3 Å². The predicted molar refractivity (Wildman–Crippen MR) is 87.3 cm³/mol. The molecule has 104 valence electrons. The Morgan fingerprint density at radius 1 is 0.619 bits per heavy atom. The Balaban J connectivity index is 1.95. The Hall–Kier alpha value is -1.83. The first-order chi connectivity index (χ1) is 10.1. The first kappa shape index (κ1) is 14.1. The number of hydrogen-bond acceptors (Lipinski definition) is 0. The smallest absolute Gasteiger partial charge is 0.141 e. The van der Waals surface area contributed by atoms with Gasteiger partial charge in [-0.25, -0.2) is 4.39 Å². The number of rotatable bonds is 2. The lowest BCUT2D eigenvalue weighted by molar-refractivity contribution is 0.628. The fourth-order valence-corrected chi connectivity index (χ4v) is 2.57. The molecule has 0 aliphatic heterocycles. The van der Waals surface area contributed by atoms with Crippen LogP contribution >= 0.6 is 23.2 Å². The maximum atomic E-state index is 13.2. The predicted octanol–water partition coefficient (Wildman–Crippen LogP) is 6.47. The van der Waals surface area contributed by atoms with Gasteiger partial charge in [-0.15, -0.1) is 0 Å². The minimum absolute atomic E-state index is 0.131. The van der Waals surface area contributed by atoms with Crippen molar-refractivity contribution in [2.45, 2.75) is 0 Å². The van der Waals surface area contributed by atoms with E-state index in [2.05, 4.69) is 0 Å². The second-order valence-electron chi connectivity index (χ2n) is 4.72. The van der Waals surface area contributed by atoms with E-state index in [0.717, 1.165) is 22.3 Å². The zero-order valence-electron chi connectivity index (χ0n) is 11.0. The van der Waals surface area contributed by atoms with Crippen molar-refractivity contribution in [3.05, 3.63) is 82.6 Å². The Kier molecular flexibility index (Phi) is 3.96. The van der Waals surface area contributed by atoms with Gasteiger partial charge in [-0.1, -0.05) is 65.7 Å². The number of halogens is 3. The summed E-state index contributed by atoms with van der Waals surface area (Å²) in [6.07, 6.45) is 0. The molecule has 0 radical (unpaired) electrons. The van der Waals surface area contributed by atoms with E-state index >= 15 is 0 Å². The quantitative estimate of drug-likeness (QED) is 0.508. The summed E-state index contributed by atoms with van der Waals surface area (Å²) < 4.78 is 13.2. The van der Waals surface area contributed by atoms with Crippen LogP contribution in [0.3, 0.4) is 0 Å². The summed E-state index contributed by atoms with van der Waals surface area (Å²) in [7, 11) is 0. The topological polar surface area (TPSA) is 0 Å². The molecule has 0 amide bonds. The minimum atomic E-state index is -0.407. The molecule has 0 saturated carbocycles. The normalized spacial score (nSPS) is 10.6. The van der Waals surface area contributed by atoms with Gasteiger partial charge in [0.25, 0.3) is 0 Å². The van der Waals surface area contributed by atoms with Crippen molar-refractivity contribution in [3.63, 3.8) is 0 Å². The molecule has 0 aliphatic rings. The maximum absolute atomic E-state index is 13.2. The molecular weight excluding hydrogens is 306 g/mol. The van der Waals surface area contributed by atoms with E-state index in [1.165, 1.54) is 6.07 Å². The maximum Gasteiger partial charge on any atom is 0.141 e. The summed E-state index contributed by atoms with van der Waals surface area (Å²) >= 11 is 11.8. The van der Waals surface area contributed by atoms with Crippen LogP contribution in [-0.2, 0) is 0 Å². The zero-order valence-corrected chi connectivity index (χ0v) is 12.5. The minimum Gasteiger partial charge on any atom is -0.205 e. The lowest BCUT2D eigenvalue weighted by Crippen LogP contribution is -1.82. The molecule has 0 nitrogen and oxygen atoms in total. The average Bonchev–Trinajstić information content (AvgIpc) is 2.50. The van der Waals surface area contributed by atoms with Gasteiger partial charge in [0.05, 0.1) is 5.02 Å². The molecule has 3 rings (SSSR count). The van der Waals surface area contributed by atoms with Gasteiger partial charge in [-0.05, 0) is 46.5 Å². The van der Waals surface area contributed by atoms with Crippen molar-refractivity contribution in [2.75, 3.05) is 0 Å². The van der Waals surface area contributed by atoms with Gasteiger partial charge < -0.3 is 0 Å². The first-order valence-electron chi connectivity index (χ1n) is 6.45. The molecule has 3 aromatic rings. The van der Waals surface area contributed by atoms with Crippen LogP contribution in [0.4, 0.5) is 4.39 Å². The molecule has 0 saturated heterocycles. The van der Waals surface area contributed by atoms with Crippen LogP contribution in [-0.4, -0.2) is 0 Å². The van der Waals surface area contributed by atoms with Crippen LogP contribution in [0, 0.1) is 5.82 Å². The van der Waals surface area contributed by atoms with E-state index in [0.29, 0.717) is 5.02 Å². The summed E-state index contributed by atoms with van der Waals surface area (Å²) in [5.74, 6) is -0.407. The highest BCUT2D eigenvalue weighted by molar-refractivity contribution is 6.31. The van der Waals surface area contributed by atoms with Gasteiger partial charge in [-0.2, -0.15) is 0 Å². The van der Waals surface area contributed by atoms with E-state index in [4.69, 9.17) is 23.2 Å². The van der Waals surface area contributed by atoms with Crippen molar-refractivity contribution < 1.29 is 4.39 Å². The lowest BCUT2D eigenvalue weighted by atomic mass is 10.0. The van der Waals surface area contributed by atoms with Gasteiger partial charge in [0.2, 0.25) is 0 Å². The monoisotopic (exact) mass is 316 g/mol.